The summed E-state index contributed by atoms with van der Waals surface area (Å²) in [7, 11) is -9.04. The van der Waals surface area contributed by atoms with Crippen molar-refractivity contribution in [3.63, 3.8) is 0 Å². The van der Waals surface area contributed by atoms with Gasteiger partial charge in [-0.15, -0.1) is 0 Å². The van der Waals surface area contributed by atoms with E-state index in [0.717, 1.165) is 73.3 Å². The SMILES string of the molecule is CCCCCCCCCCCCCCCCCCc1cc(CCCCCCCCCCCCCCCCCC)c2c(S(=O)(=O)[O-])cccc2c1.CCCCCCCCCCCCCCCCCCc1cc(CCCCCCCCCCCCCCCCCC)c2c(S(=O)(=O)[O-])cccc2c1.[Ba+2]. The average Bonchev–Trinajstić information content (AvgIpc) is 0.784. The number of hydrogen-bond donors (Lipinski definition) is 0. The van der Waals surface area contributed by atoms with Gasteiger partial charge in [0.05, 0.1) is 9.79 Å². The van der Waals surface area contributed by atoms with Crippen LogP contribution in [0.1, 0.15) is 461 Å². The summed E-state index contributed by atoms with van der Waals surface area (Å²) >= 11 is 0. The van der Waals surface area contributed by atoms with Crippen LogP contribution in [0.2, 0.25) is 0 Å². The van der Waals surface area contributed by atoms with E-state index < -0.39 is 20.2 Å². The minimum atomic E-state index is -4.52. The van der Waals surface area contributed by atoms with Crippen LogP contribution >= 0.6 is 0 Å². The third-order valence-corrected chi connectivity index (χ3v) is 23.7. The first-order valence-electron chi connectivity index (χ1n) is 43.9. The van der Waals surface area contributed by atoms with Gasteiger partial charge in [0.1, 0.15) is 20.2 Å². The van der Waals surface area contributed by atoms with Gasteiger partial charge in [-0.25, -0.2) is 16.8 Å². The van der Waals surface area contributed by atoms with Gasteiger partial charge in [0.15, 0.2) is 0 Å². The van der Waals surface area contributed by atoms with Crippen LogP contribution in [0.4, 0.5) is 0 Å². The Bertz CT molecular complexity index is 2570. The van der Waals surface area contributed by atoms with E-state index in [1.54, 1.807) is 12.1 Å². The summed E-state index contributed by atoms with van der Waals surface area (Å²) in [5, 5.41) is 3.14. The molecule has 0 radical (unpaired) electrons. The monoisotopic (exact) mass is 1560 g/mol. The molecule has 4 aromatic carbocycles. The summed E-state index contributed by atoms with van der Waals surface area (Å²) in [6, 6.07) is 19.1. The van der Waals surface area contributed by atoms with Crippen molar-refractivity contribution in [2.45, 2.75) is 474 Å². The van der Waals surface area contributed by atoms with Crippen LogP contribution in [0.5, 0.6) is 0 Å². The van der Waals surface area contributed by atoms with Crippen molar-refractivity contribution in [1.82, 2.24) is 0 Å². The van der Waals surface area contributed by atoms with Gasteiger partial charge in [-0.1, -0.05) is 461 Å². The number of unbranched alkanes of at least 4 members (excludes halogenated alkanes) is 60. The van der Waals surface area contributed by atoms with Gasteiger partial charge in [-0.05, 0) is 96.5 Å². The molecule has 9 heteroatoms. The fourth-order valence-electron chi connectivity index (χ4n) is 15.7. The molecule has 0 atom stereocenters. The van der Waals surface area contributed by atoms with Gasteiger partial charge in [0.2, 0.25) is 0 Å². The summed E-state index contributed by atoms with van der Waals surface area (Å²) < 4.78 is 73.1. The predicted octanol–water partition coefficient (Wildman–Crippen LogP) is 30.3. The molecule has 0 aliphatic carbocycles. The maximum atomic E-state index is 12.2. The quantitative estimate of drug-likeness (QED) is 0.0247. The molecule has 576 valence electrons. The molecule has 0 heterocycles. The molecule has 101 heavy (non-hydrogen) atoms. The zero-order valence-electron chi connectivity index (χ0n) is 66.8. The van der Waals surface area contributed by atoms with Crippen LogP contribution in [-0.2, 0) is 45.9 Å². The van der Waals surface area contributed by atoms with Crippen LogP contribution in [0, 0.1) is 0 Å². The largest absolute Gasteiger partial charge is 2.00 e. The summed E-state index contributed by atoms with van der Waals surface area (Å²) in [5.74, 6) is 0. The molecule has 0 saturated carbocycles. The Morgan fingerprint density at radius 1 is 0.228 bits per heavy atom. The van der Waals surface area contributed by atoms with Crippen LogP contribution < -0.4 is 0 Å². The fraction of sp³-hybridized carbons (Fsp3) is 0.783. The number of aryl methyl sites for hydroxylation is 4. The van der Waals surface area contributed by atoms with Gasteiger partial charge in [0, 0.05) is 10.8 Å². The second kappa shape index (κ2) is 67.0. The van der Waals surface area contributed by atoms with E-state index >= 15 is 0 Å². The Labute approximate surface area is 667 Å². The van der Waals surface area contributed by atoms with E-state index in [0.29, 0.717) is 10.8 Å². The van der Waals surface area contributed by atoms with E-state index in [4.69, 9.17) is 0 Å². The van der Waals surface area contributed by atoms with Gasteiger partial charge in [0.25, 0.3) is 0 Å². The first kappa shape index (κ1) is 95.9. The number of hydrogen-bond acceptors (Lipinski definition) is 6. The van der Waals surface area contributed by atoms with Crippen molar-refractivity contribution < 1.29 is 25.9 Å². The maximum Gasteiger partial charge on any atom is 2.00 e. The zero-order chi connectivity index (χ0) is 71.9. The second-order valence-electron chi connectivity index (χ2n) is 31.3. The Hall–Kier alpha value is -1.21. The van der Waals surface area contributed by atoms with Crippen LogP contribution in [0.15, 0.2) is 70.5 Å². The molecule has 0 spiro atoms. The minimum absolute atomic E-state index is 0. The standard InChI is InChI=1S/2C46H80O3S.Ba/c2*1-3-5-7-9-11-13-15-17-19-21-23-25-27-29-31-33-36-42-40-43(46-44(41-42)38-35-39-45(46)50(47,48)49)37-34-32-30-28-26-24-22-20-18-16-14-12-10-8-6-4-2;/h2*35,38-41H,3-34,36-37H2,1-2H3,(H,47,48,49);/q;;+2/p-2. The Kier molecular flexibility index (Phi) is 63.5. The van der Waals surface area contributed by atoms with E-state index in [1.165, 1.54) is 409 Å². The molecule has 0 saturated heterocycles. The smallest absolute Gasteiger partial charge is 0.744 e. The molecule has 0 bridgehead atoms. The molecule has 4 aromatic rings. The van der Waals surface area contributed by atoms with Crippen LogP contribution in [0.25, 0.3) is 21.5 Å². The summed E-state index contributed by atoms with van der Waals surface area (Å²) in [6.45, 7) is 9.14. The molecule has 0 fully saturated rings. The molecular weight excluding hydrogens is 1400 g/mol. The first-order chi connectivity index (χ1) is 48.9. The van der Waals surface area contributed by atoms with Crippen molar-refractivity contribution in [3.8, 4) is 0 Å². The van der Waals surface area contributed by atoms with E-state index in [1.807, 2.05) is 12.1 Å². The van der Waals surface area contributed by atoms with E-state index in [9.17, 15) is 25.9 Å². The van der Waals surface area contributed by atoms with Gasteiger partial charge >= 0.3 is 48.9 Å². The molecule has 0 amide bonds. The summed E-state index contributed by atoms with van der Waals surface area (Å²) in [5.41, 5.74) is 4.67. The second-order valence-corrected chi connectivity index (χ2v) is 34.0. The minimum Gasteiger partial charge on any atom is -0.744 e. The van der Waals surface area contributed by atoms with Gasteiger partial charge in [-0.3, -0.25) is 0 Å². The number of rotatable bonds is 70. The maximum absolute atomic E-state index is 12.2. The number of fused-ring (bicyclic) bond motifs is 2. The predicted molar refractivity (Wildman–Crippen MR) is 443 cm³/mol. The Morgan fingerprint density at radius 2 is 0.396 bits per heavy atom. The molecule has 0 aliphatic rings. The molecule has 6 nitrogen and oxygen atoms in total. The van der Waals surface area contributed by atoms with Crippen molar-refractivity contribution in [2.24, 2.45) is 0 Å². The Balaban J connectivity index is 0.000000680. The average molecular weight is 1560 g/mol. The Morgan fingerprint density at radius 3 is 0.574 bits per heavy atom. The van der Waals surface area contributed by atoms with Crippen molar-refractivity contribution in [2.75, 3.05) is 0 Å². The summed E-state index contributed by atoms with van der Waals surface area (Å²) in [4.78, 5) is -0.0918. The topological polar surface area (TPSA) is 114 Å². The third-order valence-electron chi connectivity index (χ3n) is 21.9. The zero-order valence-corrected chi connectivity index (χ0v) is 72.9. The molecule has 0 unspecified atom stereocenters. The number of benzene rings is 4. The molecular formula is C92H158BaO6S2. The molecule has 0 aromatic heterocycles. The summed E-state index contributed by atoms with van der Waals surface area (Å²) in [6.07, 6.45) is 90.4. The van der Waals surface area contributed by atoms with Gasteiger partial charge < -0.3 is 9.11 Å². The molecule has 4 rings (SSSR count). The van der Waals surface area contributed by atoms with Crippen LogP contribution in [0.3, 0.4) is 0 Å². The van der Waals surface area contributed by atoms with Crippen molar-refractivity contribution >= 4 is 90.7 Å². The van der Waals surface area contributed by atoms with Crippen LogP contribution in [-0.4, -0.2) is 74.8 Å². The van der Waals surface area contributed by atoms with Crippen molar-refractivity contribution in [1.29, 1.82) is 0 Å². The molecule has 0 aliphatic heterocycles. The van der Waals surface area contributed by atoms with E-state index in [-0.39, 0.29) is 58.7 Å². The normalized spacial score (nSPS) is 11.9. The first-order valence-corrected chi connectivity index (χ1v) is 46.8. The fourth-order valence-corrected chi connectivity index (χ4v) is 17.2. The van der Waals surface area contributed by atoms with E-state index in [2.05, 4.69) is 52.0 Å². The van der Waals surface area contributed by atoms with Crippen molar-refractivity contribution in [3.05, 3.63) is 82.9 Å². The third kappa shape index (κ3) is 50.9. The molecule has 0 N–H and O–H groups in total. The van der Waals surface area contributed by atoms with Gasteiger partial charge in [-0.2, -0.15) is 0 Å².